The number of phenolic OH excluding ortho intramolecular Hbond substituents is 3. The normalized spacial score (nSPS) is 36.8. The van der Waals surface area contributed by atoms with Crippen molar-refractivity contribution in [1.82, 2.24) is 29.4 Å². The quantitative estimate of drug-likeness (QED) is 0.121. The van der Waals surface area contributed by atoms with Crippen LogP contribution in [0.15, 0.2) is 72.8 Å². The Morgan fingerprint density at radius 1 is 0.283 bits per heavy atom. The molecule has 27 rings (SSSR count). The van der Waals surface area contributed by atoms with E-state index in [1.54, 1.807) is 64.0 Å². The molecule has 9 heterocycles. The number of aromatic hydroxyl groups is 3. The van der Waals surface area contributed by atoms with E-state index in [1.165, 1.54) is 33.4 Å². The topological polar surface area (TPSA) is 293 Å². The van der Waals surface area contributed by atoms with Crippen LogP contribution in [-0.2, 0) is 114 Å². The summed E-state index contributed by atoms with van der Waals surface area (Å²) >= 11 is 0. The summed E-state index contributed by atoms with van der Waals surface area (Å²) in [6, 6.07) is 27.1. The molecular formula is C111H138N6O21. The predicted octanol–water partition coefficient (Wildman–Crippen LogP) is 11.5. The van der Waals surface area contributed by atoms with Crippen molar-refractivity contribution in [2.24, 2.45) is 35.5 Å². The second-order valence-corrected chi connectivity index (χ2v) is 44.4. The fourth-order valence-corrected chi connectivity index (χ4v) is 33.3. The highest BCUT2D eigenvalue weighted by molar-refractivity contribution is 5.92. The molecule has 12 aliphatic carbocycles. The molecule has 6 saturated carbocycles. The highest BCUT2D eigenvalue weighted by atomic mass is 16.5. The standard InChI is InChI=1S/3C19H25NO4.3C18H21NO3/c3*1-20-7-6-19-10-14(21)16(24-3)9-12(19)13(20)8-11-4-5-15(23-2)18(22)17(11)19;3*1-19-8-7-18-11-4-5-13(20)17(18)22-16-14(21-2)6-3-10(15(16)18)9-12(11)19/h3*4-5,12-13,16,22H,6-10H2,1-3H3;3*3,6,11-12,17H,4-5,7-9H2,1-2H3/t2*12?,13?,16?,19-;;2*11-,12?,17-,18-;/m11.10./s1. The summed E-state index contributed by atoms with van der Waals surface area (Å²) in [4.78, 5) is 90.6. The number of piperidine rings is 6. The van der Waals surface area contributed by atoms with E-state index in [2.05, 4.69) is 108 Å². The first kappa shape index (κ1) is 93.5. The van der Waals surface area contributed by atoms with E-state index >= 15 is 0 Å². The van der Waals surface area contributed by atoms with Crippen LogP contribution in [0.4, 0.5) is 0 Å². The van der Waals surface area contributed by atoms with E-state index in [1.807, 2.05) is 36.4 Å². The molecular weight excluding hydrogens is 1750 g/mol. The summed E-state index contributed by atoms with van der Waals surface area (Å²) < 4.78 is 67.7. The Hall–Kier alpha value is -9.42. The van der Waals surface area contributed by atoms with Gasteiger partial charge in [-0.15, -0.1) is 0 Å². The lowest BCUT2D eigenvalue weighted by Crippen LogP contribution is -2.65. The van der Waals surface area contributed by atoms with Gasteiger partial charge in [0, 0.05) is 162 Å². The maximum absolute atomic E-state index is 12.7. The van der Waals surface area contributed by atoms with Crippen LogP contribution in [0.3, 0.4) is 0 Å². The Morgan fingerprint density at radius 3 is 0.732 bits per heavy atom. The second kappa shape index (κ2) is 34.7. The van der Waals surface area contributed by atoms with E-state index < -0.39 is 0 Å². The summed E-state index contributed by atoms with van der Waals surface area (Å²) in [5.74, 6) is 11.0. The van der Waals surface area contributed by atoms with Crippen LogP contribution in [0.5, 0.6) is 69.0 Å². The minimum absolute atomic E-state index is 0.0933. The van der Waals surface area contributed by atoms with Crippen LogP contribution < -0.4 is 42.6 Å². The van der Waals surface area contributed by atoms with Gasteiger partial charge in [0.2, 0.25) is 0 Å². The van der Waals surface area contributed by atoms with Gasteiger partial charge in [-0.05, 0) is 302 Å². The van der Waals surface area contributed by atoms with Gasteiger partial charge >= 0.3 is 0 Å². The average molecular weight is 1890 g/mol. The first-order valence-corrected chi connectivity index (χ1v) is 50.8. The monoisotopic (exact) mass is 1890 g/mol. The van der Waals surface area contributed by atoms with Gasteiger partial charge < -0.3 is 102 Å². The third kappa shape index (κ3) is 13.4. The van der Waals surface area contributed by atoms with Crippen molar-refractivity contribution < 1.29 is 101 Å². The largest absolute Gasteiger partial charge is 0.504 e. The molecule has 0 radical (unpaired) electrons. The van der Waals surface area contributed by atoms with Crippen LogP contribution in [0.25, 0.3) is 0 Å². The Kier molecular flexibility index (Phi) is 23.5. The molecule has 21 aliphatic rings. The minimum atomic E-state index is -0.313. The molecule has 0 amide bonds. The molecule has 3 N–H and O–H groups in total. The average Bonchev–Trinajstić information content (AvgIpc) is 1.55. The van der Waals surface area contributed by atoms with Gasteiger partial charge in [-0.3, -0.25) is 28.8 Å². The van der Waals surface area contributed by atoms with E-state index in [4.69, 9.17) is 56.8 Å². The Morgan fingerprint density at radius 2 is 0.500 bits per heavy atom. The Balaban J connectivity index is 0.0000000956. The van der Waals surface area contributed by atoms with Crippen molar-refractivity contribution in [1.29, 1.82) is 0 Å². The zero-order valence-electron chi connectivity index (χ0n) is 82.9. The van der Waals surface area contributed by atoms with Crippen molar-refractivity contribution in [3.05, 3.63) is 140 Å². The molecule has 27 heteroatoms. The fraction of sp³-hybridized carbons (Fsp3) is 0.622. The number of rotatable bonds is 9. The molecule has 24 atom stereocenters. The highest BCUT2D eigenvalue weighted by Gasteiger charge is 2.71. The summed E-state index contributed by atoms with van der Waals surface area (Å²) in [7, 11) is 27.8. The molecule has 9 aliphatic heterocycles. The van der Waals surface area contributed by atoms with Crippen molar-refractivity contribution in [2.45, 2.75) is 259 Å². The van der Waals surface area contributed by atoms with E-state index in [-0.39, 0.29) is 121 Å². The molecule has 27 nitrogen and oxygen atoms in total. The molecule has 6 aromatic carbocycles. The number of hydrogen-bond donors (Lipinski definition) is 3. The van der Waals surface area contributed by atoms with Crippen LogP contribution in [0, 0.1) is 35.5 Å². The summed E-state index contributed by atoms with van der Waals surface area (Å²) in [5.41, 5.74) is 13.2. The fourth-order valence-electron chi connectivity index (χ4n) is 33.3. The molecule has 6 aromatic rings. The van der Waals surface area contributed by atoms with Gasteiger partial charge in [-0.25, -0.2) is 0 Å². The SMILES string of the molecule is COc1ccc2c(c1O)C13CCN(C)C(C2)C1CC(OC)C(=O)C3.COc1ccc2c(c1O)[C@@]13CCN(C)C(C2)C1CC(OC)C(=O)C3.COc1ccc2c(c1O)[C@@]13CCN(C)C(C2)C1CC(OC)C(=O)C3.COc1ccc2c3c1OC1C(=O)CCC4C(C2)N(C)CCC314.COc1ccc2c3c1O[C@@H]1C(=O)CC[C@@H]4C(C2)N(C)CC[C@@]314.COc1ccc2c3c1O[C@H]1C(=O)CC[C@H]4C(C2)N(C)CC[C@]314. The lowest BCUT2D eigenvalue weighted by molar-refractivity contribution is -0.142. The number of likely N-dealkylation sites (N-methyl/N-ethyl adjacent to an activating group) is 6. The number of likely N-dealkylation sites (tertiary alicyclic amines) is 6. The van der Waals surface area contributed by atoms with E-state index in [9.17, 15) is 44.1 Å². The molecule has 16 unspecified atom stereocenters. The molecule has 12 bridgehead atoms. The third-order valence-corrected chi connectivity index (χ3v) is 39.7. The maximum atomic E-state index is 12.7. The smallest absolute Gasteiger partial charge is 0.174 e. The van der Waals surface area contributed by atoms with Gasteiger partial charge in [0.1, 0.15) is 18.3 Å². The number of phenols is 3. The van der Waals surface area contributed by atoms with Crippen LogP contribution in [-0.4, -0.2) is 298 Å². The third-order valence-electron chi connectivity index (χ3n) is 39.7. The minimum Gasteiger partial charge on any atom is -0.504 e. The van der Waals surface area contributed by atoms with Crippen molar-refractivity contribution in [3.8, 4) is 69.0 Å². The van der Waals surface area contributed by atoms with Gasteiger partial charge in [-0.2, -0.15) is 0 Å². The van der Waals surface area contributed by atoms with Gasteiger partial charge in [0.25, 0.3) is 0 Å². The number of carbonyl (C=O) groups is 6. The molecule has 738 valence electrons. The number of ketones is 6. The summed E-state index contributed by atoms with van der Waals surface area (Å²) in [5, 5.41) is 32.6. The molecule has 138 heavy (non-hydrogen) atoms. The number of fused-ring (bicyclic) bond motifs is 3. The number of hydrogen-bond acceptors (Lipinski definition) is 27. The molecule has 6 saturated heterocycles. The Bertz CT molecular complexity index is 5380. The number of nitrogens with zero attached hydrogens (tertiary/aromatic N) is 6. The molecule has 12 fully saturated rings. The number of carbonyl (C=O) groups excluding carboxylic acids is 6. The summed E-state index contributed by atoms with van der Waals surface area (Å²) in [6.07, 6.45) is 18.4. The van der Waals surface area contributed by atoms with Gasteiger partial charge in [-0.1, -0.05) is 36.4 Å². The lowest BCUT2D eigenvalue weighted by Gasteiger charge is -2.58. The maximum Gasteiger partial charge on any atom is 0.174 e. The van der Waals surface area contributed by atoms with Gasteiger partial charge in [0.05, 0.1) is 42.7 Å². The van der Waals surface area contributed by atoms with Crippen molar-refractivity contribution in [2.75, 3.05) is 146 Å². The van der Waals surface area contributed by atoms with Crippen molar-refractivity contribution in [3.63, 3.8) is 0 Å². The summed E-state index contributed by atoms with van der Waals surface area (Å²) in [6.45, 7) is 5.98. The zero-order valence-corrected chi connectivity index (χ0v) is 82.9. The van der Waals surface area contributed by atoms with Gasteiger partial charge in [0.15, 0.2) is 122 Å². The zero-order chi connectivity index (χ0) is 96.4. The van der Waals surface area contributed by atoms with E-state index in [0.29, 0.717) is 128 Å². The van der Waals surface area contributed by atoms with Crippen LogP contribution in [0.2, 0.25) is 0 Å². The number of Topliss-reactive ketones (excluding diaryl/α,β-unsaturated/α-hetero) is 6. The van der Waals surface area contributed by atoms with Crippen LogP contribution in [0.1, 0.15) is 182 Å². The highest BCUT2D eigenvalue weighted by Crippen LogP contribution is 2.69. The Labute approximate surface area is 809 Å². The second-order valence-electron chi connectivity index (χ2n) is 44.4. The molecule has 3 spiro atoms. The first-order valence-electron chi connectivity index (χ1n) is 50.8. The number of methoxy groups -OCH3 is 9. The number of ether oxygens (including phenoxy) is 12. The van der Waals surface area contributed by atoms with Crippen LogP contribution >= 0.6 is 0 Å². The molecule has 0 aromatic heterocycles. The number of benzene rings is 6. The lowest BCUT2D eigenvalue weighted by atomic mass is 9.51. The van der Waals surface area contributed by atoms with E-state index in [0.717, 1.165) is 223 Å². The van der Waals surface area contributed by atoms with Crippen molar-refractivity contribution >= 4 is 34.7 Å². The predicted molar refractivity (Wildman–Crippen MR) is 513 cm³/mol. The first-order chi connectivity index (χ1) is 66.5.